The molecule has 1 atom stereocenters. The van der Waals surface area contributed by atoms with Crippen molar-refractivity contribution in [2.75, 3.05) is 24.5 Å². The SMILES string of the molecule is CC1(CN2Cc3cc4c(cc3C2)C(=O)N(C2CCC(=O)NC2=O)C4=O)CCN(c2ccc(C(=O)NC3CCCCC3)cc2)CC1. The Balaban J connectivity index is 0.938. The summed E-state index contributed by atoms with van der Waals surface area (Å²) in [7, 11) is 0. The second-order valence-corrected chi connectivity index (χ2v) is 13.9. The number of carbonyl (C=O) groups is 5. The van der Waals surface area contributed by atoms with Crippen LogP contribution in [0.2, 0.25) is 0 Å². The zero-order valence-corrected chi connectivity index (χ0v) is 25.9. The molecule has 1 saturated carbocycles. The highest BCUT2D eigenvalue weighted by Gasteiger charge is 2.45. The van der Waals surface area contributed by atoms with Gasteiger partial charge in [0.25, 0.3) is 17.7 Å². The van der Waals surface area contributed by atoms with Crippen molar-refractivity contribution in [2.45, 2.75) is 89.9 Å². The first kappa shape index (κ1) is 29.6. The number of fused-ring (bicyclic) bond motifs is 2. The second kappa shape index (κ2) is 11.7. The summed E-state index contributed by atoms with van der Waals surface area (Å²) in [5, 5.41) is 5.45. The minimum atomic E-state index is -0.948. The Kier molecular flexibility index (Phi) is 7.71. The molecule has 2 aromatic carbocycles. The number of hydrogen-bond acceptors (Lipinski definition) is 7. The summed E-state index contributed by atoms with van der Waals surface area (Å²) >= 11 is 0. The van der Waals surface area contributed by atoms with Gasteiger partial charge >= 0.3 is 0 Å². The number of rotatable bonds is 6. The highest BCUT2D eigenvalue weighted by molar-refractivity contribution is 6.23. The molecule has 2 N–H and O–H groups in total. The first-order valence-electron chi connectivity index (χ1n) is 16.4. The van der Waals surface area contributed by atoms with Gasteiger partial charge in [-0.2, -0.15) is 0 Å². The Labute approximate surface area is 263 Å². The molecular formula is C35H41N5O5. The molecule has 2 aromatic rings. The first-order valence-corrected chi connectivity index (χ1v) is 16.4. The van der Waals surface area contributed by atoms with Crippen LogP contribution in [0.1, 0.15) is 107 Å². The Hall–Kier alpha value is -4.05. The van der Waals surface area contributed by atoms with Gasteiger partial charge in [0, 0.05) is 56.4 Å². The molecular weight excluding hydrogens is 570 g/mol. The van der Waals surface area contributed by atoms with E-state index in [0.717, 1.165) is 72.6 Å². The maximum absolute atomic E-state index is 13.3. The van der Waals surface area contributed by atoms with Crippen molar-refractivity contribution in [1.82, 2.24) is 20.4 Å². The van der Waals surface area contributed by atoms with Gasteiger partial charge in [-0.25, -0.2) is 0 Å². The topological polar surface area (TPSA) is 119 Å². The van der Waals surface area contributed by atoms with Crippen molar-refractivity contribution in [2.24, 2.45) is 5.41 Å². The predicted molar refractivity (Wildman–Crippen MR) is 168 cm³/mol. The Morgan fingerprint density at radius 1 is 0.889 bits per heavy atom. The summed E-state index contributed by atoms with van der Waals surface area (Å²) in [6.07, 6.45) is 8.15. The molecule has 4 heterocycles. The van der Waals surface area contributed by atoms with E-state index in [4.69, 9.17) is 0 Å². The van der Waals surface area contributed by atoms with E-state index < -0.39 is 23.8 Å². The fraction of sp³-hybridized carbons (Fsp3) is 0.514. The largest absolute Gasteiger partial charge is 0.371 e. The molecule has 236 valence electrons. The smallest absolute Gasteiger partial charge is 0.262 e. The average Bonchev–Trinajstić information content (AvgIpc) is 3.53. The zero-order chi connectivity index (χ0) is 31.3. The van der Waals surface area contributed by atoms with Crippen molar-refractivity contribution < 1.29 is 24.0 Å². The van der Waals surface area contributed by atoms with Gasteiger partial charge in [-0.15, -0.1) is 0 Å². The first-order chi connectivity index (χ1) is 21.7. The number of hydrogen-bond donors (Lipinski definition) is 2. The summed E-state index contributed by atoms with van der Waals surface area (Å²) < 4.78 is 0. The standard InChI is InChI=1S/C35H41N5O5/c1-35(13-15-39(16-14-35)26-9-7-22(8-10-26)31(42)36-25-5-3-2-4-6-25)21-38-19-23-17-27-28(18-24(23)20-38)34(45)40(33(27)44)29-11-12-30(41)37-32(29)43/h7-10,17-18,25,29H,2-6,11-16,19-21H2,1H3,(H,36,42)(H,37,41,43). The minimum Gasteiger partial charge on any atom is -0.371 e. The highest BCUT2D eigenvalue weighted by Crippen LogP contribution is 2.38. The van der Waals surface area contributed by atoms with Crippen LogP contribution < -0.4 is 15.5 Å². The van der Waals surface area contributed by atoms with Gasteiger partial charge in [0.2, 0.25) is 11.8 Å². The molecule has 7 rings (SSSR count). The predicted octanol–water partition coefficient (Wildman–Crippen LogP) is 3.77. The fourth-order valence-electron chi connectivity index (χ4n) is 7.89. The van der Waals surface area contributed by atoms with Gasteiger partial charge < -0.3 is 10.2 Å². The number of nitrogens with one attached hydrogen (secondary N) is 2. The maximum atomic E-state index is 13.3. The molecule has 3 fully saturated rings. The van der Waals surface area contributed by atoms with Crippen LogP contribution in [0.25, 0.3) is 0 Å². The van der Waals surface area contributed by atoms with Gasteiger partial charge in [-0.05, 0) is 85.0 Å². The summed E-state index contributed by atoms with van der Waals surface area (Å²) in [6, 6.07) is 11.0. The van der Waals surface area contributed by atoms with Crippen LogP contribution in [0.3, 0.4) is 0 Å². The third-order valence-electron chi connectivity index (χ3n) is 10.6. The van der Waals surface area contributed by atoms with Gasteiger partial charge in [-0.1, -0.05) is 26.2 Å². The Bertz CT molecular complexity index is 1510. The number of benzene rings is 2. The van der Waals surface area contributed by atoms with E-state index >= 15 is 0 Å². The molecule has 1 aliphatic carbocycles. The molecule has 2 saturated heterocycles. The minimum absolute atomic E-state index is 0.0249. The summed E-state index contributed by atoms with van der Waals surface area (Å²) in [6.45, 7) is 6.58. The lowest BCUT2D eigenvalue weighted by Gasteiger charge is -2.42. The van der Waals surface area contributed by atoms with Crippen LogP contribution >= 0.6 is 0 Å². The van der Waals surface area contributed by atoms with E-state index in [1.54, 1.807) is 0 Å². The normalized spacial score (nSPS) is 23.6. The summed E-state index contributed by atoms with van der Waals surface area (Å²) in [5.74, 6) is -1.86. The monoisotopic (exact) mass is 611 g/mol. The molecule has 1 unspecified atom stereocenters. The lowest BCUT2D eigenvalue weighted by atomic mass is 9.79. The number of nitrogens with zero attached hydrogens (tertiary/aromatic N) is 3. The second-order valence-electron chi connectivity index (χ2n) is 13.9. The van der Waals surface area contributed by atoms with Gasteiger partial charge in [0.15, 0.2) is 0 Å². The number of imide groups is 2. The van der Waals surface area contributed by atoms with Crippen LogP contribution in [0, 0.1) is 5.41 Å². The number of amides is 5. The molecule has 0 spiro atoms. The molecule has 5 aliphatic rings. The Morgan fingerprint density at radius 2 is 1.51 bits per heavy atom. The van der Waals surface area contributed by atoms with Crippen molar-refractivity contribution >= 4 is 35.2 Å². The Morgan fingerprint density at radius 3 is 2.11 bits per heavy atom. The third-order valence-corrected chi connectivity index (χ3v) is 10.6. The molecule has 10 heteroatoms. The molecule has 45 heavy (non-hydrogen) atoms. The van der Waals surface area contributed by atoms with Crippen LogP contribution in [0.5, 0.6) is 0 Å². The molecule has 0 bridgehead atoms. The van der Waals surface area contributed by atoms with Crippen molar-refractivity contribution in [3.63, 3.8) is 0 Å². The lowest BCUT2D eigenvalue weighted by molar-refractivity contribution is -0.136. The third kappa shape index (κ3) is 5.76. The fourth-order valence-corrected chi connectivity index (χ4v) is 7.89. The van der Waals surface area contributed by atoms with Crippen LogP contribution in [0.15, 0.2) is 36.4 Å². The van der Waals surface area contributed by atoms with E-state index in [2.05, 4.69) is 39.5 Å². The molecule has 4 aliphatic heterocycles. The highest BCUT2D eigenvalue weighted by atomic mass is 16.2. The average molecular weight is 612 g/mol. The lowest BCUT2D eigenvalue weighted by Crippen LogP contribution is -2.54. The van der Waals surface area contributed by atoms with E-state index in [1.165, 1.54) is 19.3 Å². The number of carbonyl (C=O) groups excluding carboxylic acids is 5. The summed E-state index contributed by atoms with van der Waals surface area (Å²) in [5.41, 5.74) is 4.80. The van der Waals surface area contributed by atoms with Crippen molar-refractivity contribution in [1.29, 1.82) is 0 Å². The molecule has 0 aromatic heterocycles. The van der Waals surface area contributed by atoms with Crippen LogP contribution in [0.4, 0.5) is 5.69 Å². The van der Waals surface area contributed by atoms with E-state index in [9.17, 15) is 24.0 Å². The van der Waals surface area contributed by atoms with E-state index in [1.807, 2.05) is 24.3 Å². The molecule has 0 radical (unpaired) electrons. The summed E-state index contributed by atoms with van der Waals surface area (Å²) in [4.78, 5) is 69.1. The maximum Gasteiger partial charge on any atom is 0.262 e. The van der Waals surface area contributed by atoms with Gasteiger partial charge in [0.05, 0.1) is 11.1 Å². The number of anilines is 1. The van der Waals surface area contributed by atoms with Gasteiger partial charge in [0.1, 0.15) is 6.04 Å². The van der Waals surface area contributed by atoms with Gasteiger partial charge in [-0.3, -0.25) is 39.1 Å². The molecule has 5 amide bonds. The van der Waals surface area contributed by atoms with Crippen molar-refractivity contribution in [3.8, 4) is 0 Å². The number of piperidine rings is 2. The van der Waals surface area contributed by atoms with E-state index in [0.29, 0.717) is 30.3 Å². The van der Waals surface area contributed by atoms with Crippen LogP contribution in [-0.2, 0) is 22.7 Å². The quantitative estimate of drug-likeness (QED) is 0.478. The zero-order valence-electron chi connectivity index (χ0n) is 25.9. The molecule has 10 nitrogen and oxygen atoms in total. The van der Waals surface area contributed by atoms with Crippen molar-refractivity contribution in [3.05, 3.63) is 64.2 Å². The van der Waals surface area contributed by atoms with Crippen LogP contribution in [-0.4, -0.2) is 71.1 Å². The van der Waals surface area contributed by atoms with E-state index in [-0.39, 0.29) is 30.1 Å².